The van der Waals surface area contributed by atoms with Gasteiger partial charge in [-0.05, 0) is 37.3 Å². The summed E-state index contributed by atoms with van der Waals surface area (Å²) in [5.41, 5.74) is 2.18. The molecule has 0 saturated carbocycles. The lowest BCUT2D eigenvalue weighted by Crippen LogP contribution is -2.02. The van der Waals surface area contributed by atoms with Gasteiger partial charge in [-0.2, -0.15) is 4.98 Å². The van der Waals surface area contributed by atoms with E-state index in [2.05, 4.69) is 20.6 Å². The number of benzene rings is 2. The van der Waals surface area contributed by atoms with Gasteiger partial charge >= 0.3 is 0 Å². The molecule has 1 aromatic heterocycles. The standard InChI is InChI=1S/C18H15FN4O2/c1-11-7-17(21-14-5-6-15-16(9-14)25-10-24-15)23-18(20-11)22-13-4-2-3-12(19)8-13/h2-9H,10H2,1H3,(H2,20,21,22,23). The highest BCUT2D eigenvalue weighted by molar-refractivity contribution is 5.63. The van der Waals surface area contributed by atoms with Gasteiger partial charge < -0.3 is 20.1 Å². The van der Waals surface area contributed by atoms with E-state index in [1.807, 2.05) is 31.2 Å². The minimum absolute atomic E-state index is 0.229. The van der Waals surface area contributed by atoms with Gasteiger partial charge in [-0.15, -0.1) is 0 Å². The second-order valence-electron chi connectivity index (χ2n) is 5.55. The average Bonchev–Trinajstić information content (AvgIpc) is 3.02. The highest BCUT2D eigenvalue weighted by atomic mass is 19.1. The van der Waals surface area contributed by atoms with Gasteiger partial charge in [-0.3, -0.25) is 0 Å². The first kappa shape index (κ1) is 15.2. The molecule has 0 radical (unpaired) electrons. The zero-order valence-electron chi connectivity index (χ0n) is 13.4. The number of nitrogens with zero attached hydrogens (tertiary/aromatic N) is 2. The number of halogens is 1. The predicted molar refractivity (Wildman–Crippen MR) is 92.3 cm³/mol. The third-order valence-corrected chi connectivity index (χ3v) is 3.58. The fraction of sp³-hybridized carbons (Fsp3) is 0.111. The molecule has 1 aliphatic rings. The van der Waals surface area contributed by atoms with E-state index in [1.165, 1.54) is 12.1 Å². The van der Waals surface area contributed by atoms with Crippen molar-refractivity contribution in [3.05, 3.63) is 60.0 Å². The Kier molecular flexibility index (Phi) is 3.81. The van der Waals surface area contributed by atoms with E-state index in [0.717, 1.165) is 17.1 Å². The van der Waals surface area contributed by atoms with Gasteiger partial charge in [0.05, 0.1) is 0 Å². The first-order valence-electron chi connectivity index (χ1n) is 7.71. The van der Waals surface area contributed by atoms with Crippen LogP contribution in [0, 0.1) is 12.7 Å². The van der Waals surface area contributed by atoms with Crippen LogP contribution in [0.4, 0.5) is 27.5 Å². The summed E-state index contributed by atoms with van der Waals surface area (Å²) in [5.74, 6) is 2.09. The van der Waals surface area contributed by atoms with Crippen LogP contribution in [0.2, 0.25) is 0 Å². The maximum Gasteiger partial charge on any atom is 0.231 e. The molecule has 0 bridgehead atoms. The molecular weight excluding hydrogens is 323 g/mol. The number of hydrogen-bond acceptors (Lipinski definition) is 6. The van der Waals surface area contributed by atoms with Crippen molar-refractivity contribution in [2.45, 2.75) is 6.92 Å². The van der Waals surface area contributed by atoms with Gasteiger partial charge in [0.15, 0.2) is 11.5 Å². The Balaban J connectivity index is 1.57. The van der Waals surface area contributed by atoms with Crippen molar-refractivity contribution in [1.29, 1.82) is 0 Å². The fourth-order valence-corrected chi connectivity index (χ4v) is 2.51. The zero-order valence-corrected chi connectivity index (χ0v) is 13.4. The first-order valence-corrected chi connectivity index (χ1v) is 7.71. The largest absolute Gasteiger partial charge is 0.454 e. The molecule has 6 nitrogen and oxygen atoms in total. The molecule has 126 valence electrons. The van der Waals surface area contributed by atoms with Gasteiger partial charge in [0.2, 0.25) is 12.7 Å². The van der Waals surface area contributed by atoms with Crippen LogP contribution in [-0.2, 0) is 0 Å². The maximum absolute atomic E-state index is 13.3. The Morgan fingerprint density at radius 2 is 1.76 bits per heavy atom. The normalized spacial score (nSPS) is 12.1. The smallest absolute Gasteiger partial charge is 0.231 e. The third-order valence-electron chi connectivity index (χ3n) is 3.58. The molecular formula is C18H15FN4O2. The summed E-state index contributed by atoms with van der Waals surface area (Å²) in [5, 5.41) is 6.22. The van der Waals surface area contributed by atoms with E-state index in [-0.39, 0.29) is 12.6 Å². The maximum atomic E-state index is 13.3. The Hall–Kier alpha value is -3.35. The summed E-state index contributed by atoms with van der Waals surface area (Å²) in [4.78, 5) is 8.75. The van der Waals surface area contributed by atoms with Crippen LogP contribution < -0.4 is 20.1 Å². The van der Waals surface area contributed by atoms with Crippen molar-refractivity contribution in [2.24, 2.45) is 0 Å². The summed E-state index contributed by atoms with van der Waals surface area (Å²) >= 11 is 0. The second kappa shape index (κ2) is 6.27. The number of anilines is 4. The van der Waals surface area contributed by atoms with E-state index >= 15 is 0 Å². The van der Waals surface area contributed by atoms with Gasteiger partial charge in [0.1, 0.15) is 11.6 Å². The highest BCUT2D eigenvalue weighted by Crippen LogP contribution is 2.35. The predicted octanol–water partition coefficient (Wildman–Crippen LogP) is 4.14. The van der Waals surface area contributed by atoms with Gasteiger partial charge in [0.25, 0.3) is 0 Å². The molecule has 0 spiro atoms. The second-order valence-corrected chi connectivity index (χ2v) is 5.55. The third kappa shape index (κ3) is 3.45. The molecule has 4 rings (SSSR count). The lowest BCUT2D eigenvalue weighted by Gasteiger charge is -2.10. The molecule has 2 heterocycles. The van der Waals surface area contributed by atoms with E-state index in [1.54, 1.807) is 12.1 Å². The van der Waals surface area contributed by atoms with E-state index in [9.17, 15) is 4.39 Å². The first-order chi connectivity index (χ1) is 12.2. The molecule has 0 aliphatic carbocycles. The molecule has 1 aliphatic heterocycles. The van der Waals surface area contributed by atoms with E-state index < -0.39 is 0 Å². The summed E-state index contributed by atoms with van der Waals surface area (Å²) in [6.07, 6.45) is 0. The number of hydrogen-bond donors (Lipinski definition) is 2. The number of nitrogens with one attached hydrogen (secondary N) is 2. The van der Waals surface area contributed by atoms with Crippen molar-refractivity contribution in [1.82, 2.24) is 9.97 Å². The number of aryl methyl sites for hydroxylation is 1. The number of ether oxygens (including phenoxy) is 2. The van der Waals surface area contributed by atoms with Crippen LogP contribution in [0.1, 0.15) is 5.69 Å². The molecule has 3 aromatic rings. The van der Waals surface area contributed by atoms with E-state index in [4.69, 9.17) is 9.47 Å². The van der Waals surface area contributed by atoms with Gasteiger partial charge in [0, 0.05) is 29.2 Å². The zero-order chi connectivity index (χ0) is 17.2. The van der Waals surface area contributed by atoms with Crippen molar-refractivity contribution in [3.8, 4) is 11.5 Å². The van der Waals surface area contributed by atoms with Crippen LogP contribution in [0.15, 0.2) is 48.5 Å². The summed E-state index contributed by atoms with van der Waals surface area (Å²) in [6.45, 7) is 2.09. The number of rotatable bonds is 4. The Morgan fingerprint density at radius 1 is 0.920 bits per heavy atom. The number of aromatic nitrogens is 2. The van der Waals surface area contributed by atoms with E-state index in [0.29, 0.717) is 23.2 Å². The molecule has 0 unspecified atom stereocenters. The quantitative estimate of drug-likeness (QED) is 0.745. The molecule has 0 fully saturated rings. The molecule has 0 atom stereocenters. The minimum atomic E-state index is -0.323. The molecule has 0 saturated heterocycles. The average molecular weight is 338 g/mol. The van der Waals surface area contributed by atoms with Crippen molar-refractivity contribution < 1.29 is 13.9 Å². The van der Waals surface area contributed by atoms with Crippen LogP contribution in [0.25, 0.3) is 0 Å². The van der Waals surface area contributed by atoms with Gasteiger partial charge in [-0.1, -0.05) is 6.07 Å². The lowest BCUT2D eigenvalue weighted by atomic mass is 10.2. The molecule has 25 heavy (non-hydrogen) atoms. The Labute approximate surface area is 143 Å². The minimum Gasteiger partial charge on any atom is -0.454 e. The highest BCUT2D eigenvalue weighted by Gasteiger charge is 2.13. The summed E-state index contributed by atoms with van der Waals surface area (Å²) in [7, 11) is 0. The van der Waals surface area contributed by atoms with Gasteiger partial charge in [-0.25, -0.2) is 9.37 Å². The van der Waals surface area contributed by atoms with Crippen LogP contribution in [-0.4, -0.2) is 16.8 Å². The monoisotopic (exact) mass is 338 g/mol. The number of fused-ring (bicyclic) bond motifs is 1. The fourth-order valence-electron chi connectivity index (χ4n) is 2.51. The molecule has 2 aromatic carbocycles. The molecule has 0 amide bonds. The summed E-state index contributed by atoms with van der Waals surface area (Å²) in [6, 6.07) is 13.5. The van der Waals surface area contributed by atoms with Crippen LogP contribution >= 0.6 is 0 Å². The van der Waals surface area contributed by atoms with Crippen molar-refractivity contribution in [2.75, 3.05) is 17.4 Å². The molecule has 7 heteroatoms. The van der Waals surface area contributed by atoms with Crippen molar-refractivity contribution in [3.63, 3.8) is 0 Å². The van der Waals surface area contributed by atoms with Crippen LogP contribution in [0.5, 0.6) is 11.5 Å². The summed E-state index contributed by atoms with van der Waals surface area (Å²) < 4.78 is 24.0. The van der Waals surface area contributed by atoms with Crippen LogP contribution in [0.3, 0.4) is 0 Å². The SMILES string of the molecule is Cc1cc(Nc2ccc3c(c2)OCO3)nc(Nc2cccc(F)c2)n1. The Morgan fingerprint density at radius 3 is 2.64 bits per heavy atom. The topological polar surface area (TPSA) is 68.3 Å². The Bertz CT molecular complexity index is 933. The lowest BCUT2D eigenvalue weighted by molar-refractivity contribution is 0.174. The molecule has 2 N–H and O–H groups in total. The van der Waals surface area contributed by atoms with Crippen molar-refractivity contribution >= 4 is 23.1 Å².